The van der Waals surface area contributed by atoms with E-state index in [1.807, 2.05) is 85.1 Å². The average molecular weight is 628 g/mol. The normalized spacial score (nSPS) is 15.0. The molecule has 0 bridgehead atoms. The van der Waals surface area contributed by atoms with Crippen LogP contribution in [0.3, 0.4) is 0 Å². The van der Waals surface area contributed by atoms with Gasteiger partial charge >= 0.3 is 0 Å². The number of fused-ring (bicyclic) bond motifs is 3. The second-order valence-corrected chi connectivity index (χ2v) is 12.8. The van der Waals surface area contributed by atoms with Gasteiger partial charge in [0.1, 0.15) is 5.84 Å². The van der Waals surface area contributed by atoms with Crippen LogP contribution < -0.4 is 10.6 Å². The minimum Gasteiger partial charge on any atom is -0.345 e. The standard InChI is InChI=1S/C41H33N5S/c1-27-9-7-13-32(23-27)34-21-22-36-35-15-5-6-16-37(35)47-39(36)38(34)45-41(44-26-29-10-3-2-4-11-29)46-40(43)33-14-8-12-31(24-33)30-19-17-28(25-42)18-20-30/h2-8,10-24,26-27,41,45H,9H2,1H3,(H2,43,46)/b44-26+/t27-,41?/m0/s1. The number of nitriles is 1. The van der Waals surface area contributed by atoms with E-state index in [2.05, 4.69) is 78.3 Å². The van der Waals surface area contributed by atoms with Gasteiger partial charge in [-0.1, -0.05) is 116 Å². The second kappa shape index (κ2) is 13.3. The maximum absolute atomic E-state index is 9.21. The molecule has 7 rings (SSSR count). The molecule has 5 nitrogen and oxygen atoms in total. The molecule has 6 heteroatoms. The Kier molecular flexibility index (Phi) is 8.46. The Hall–Kier alpha value is -5.77. The zero-order valence-corrected chi connectivity index (χ0v) is 26.8. The minimum atomic E-state index is -0.638. The van der Waals surface area contributed by atoms with Gasteiger partial charge in [0, 0.05) is 32.8 Å². The van der Waals surface area contributed by atoms with Crippen molar-refractivity contribution in [1.82, 2.24) is 5.32 Å². The molecule has 1 heterocycles. The number of benzene rings is 5. The molecule has 0 spiro atoms. The van der Waals surface area contributed by atoms with Crippen molar-refractivity contribution in [3.05, 3.63) is 156 Å². The highest BCUT2D eigenvalue weighted by molar-refractivity contribution is 7.26. The van der Waals surface area contributed by atoms with E-state index >= 15 is 0 Å². The summed E-state index contributed by atoms with van der Waals surface area (Å²) in [4.78, 5) is 4.96. The summed E-state index contributed by atoms with van der Waals surface area (Å²) in [6.45, 7) is 2.25. The largest absolute Gasteiger partial charge is 0.345 e. The van der Waals surface area contributed by atoms with E-state index in [-0.39, 0.29) is 5.84 Å². The molecule has 0 aliphatic heterocycles. The Labute approximate surface area is 278 Å². The molecule has 5 aromatic carbocycles. The number of anilines is 1. The molecule has 1 aliphatic rings. The summed E-state index contributed by atoms with van der Waals surface area (Å²) in [5.41, 5.74) is 7.58. The average Bonchev–Trinajstić information content (AvgIpc) is 3.50. The van der Waals surface area contributed by atoms with Gasteiger partial charge in [-0.25, -0.2) is 4.99 Å². The van der Waals surface area contributed by atoms with Crippen LogP contribution in [0.25, 0.3) is 36.9 Å². The van der Waals surface area contributed by atoms with Gasteiger partial charge in [0.25, 0.3) is 0 Å². The predicted octanol–water partition coefficient (Wildman–Crippen LogP) is 10.0. The van der Waals surface area contributed by atoms with Gasteiger partial charge in [-0.05, 0) is 58.9 Å². The van der Waals surface area contributed by atoms with E-state index in [4.69, 9.17) is 4.99 Å². The molecule has 0 radical (unpaired) electrons. The van der Waals surface area contributed by atoms with Crippen molar-refractivity contribution < 1.29 is 0 Å². The van der Waals surface area contributed by atoms with Crippen LogP contribution in [0, 0.1) is 22.7 Å². The van der Waals surface area contributed by atoms with E-state index < -0.39 is 6.29 Å². The van der Waals surface area contributed by atoms with Gasteiger partial charge in [0.2, 0.25) is 0 Å². The van der Waals surface area contributed by atoms with Crippen molar-refractivity contribution in [2.45, 2.75) is 19.6 Å². The first-order chi connectivity index (χ1) is 23.1. The number of nitrogens with one attached hydrogen (secondary N) is 3. The van der Waals surface area contributed by atoms with Gasteiger partial charge in [-0.2, -0.15) is 5.26 Å². The zero-order valence-electron chi connectivity index (χ0n) is 25.9. The quantitative estimate of drug-likeness (QED) is 0.0892. The highest BCUT2D eigenvalue weighted by atomic mass is 32.1. The van der Waals surface area contributed by atoms with Crippen molar-refractivity contribution in [1.29, 1.82) is 10.7 Å². The number of hydrogen-bond acceptors (Lipinski definition) is 5. The number of amidine groups is 1. The first-order valence-corrected chi connectivity index (χ1v) is 16.5. The summed E-state index contributed by atoms with van der Waals surface area (Å²) in [5, 5.41) is 27.9. The van der Waals surface area contributed by atoms with Crippen LogP contribution >= 0.6 is 11.3 Å². The summed E-state index contributed by atoms with van der Waals surface area (Å²) < 4.78 is 2.39. The van der Waals surface area contributed by atoms with E-state index in [0.717, 1.165) is 44.6 Å². The molecule has 1 aliphatic carbocycles. The fraction of sp³-hybridized carbons (Fsp3) is 0.0976. The Balaban J connectivity index is 1.28. The molecular weight excluding hydrogens is 595 g/mol. The topological polar surface area (TPSA) is 84.1 Å². The molecule has 3 N–H and O–H groups in total. The summed E-state index contributed by atoms with van der Waals surface area (Å²) in [6.07, 6.45) is 9.04. The fourth-order valence-electron chi connectivity index (χ4n) is 5.95. The Morgan fingerprint density at radius 3 is 2.53 bits per heavy atom. The molecule has 0 amide bonds. The van der Waals surface area contributed by atoms with Crippen molar-refractivity contribution in [3.63, 3.8) is 0 Å². The van der Waals surface area contributed by atoms with Crippen LogP contribution in [0.4, 0.5) is 5.69 Å². The Morgan fingerprint density at radius 1 is 0.915 bits per heavy atom. The van der Waals surface area contributed by atoms with Gasteiger partial charge in [-0.15, -0.1) is 11.3 Å². The summed E-state index contributed by atoms with van der Waals surface area (Å²) in [6, 6.07) is 40.5. The van der Waals surface area contributed by atoms with Crippen LogP contribution in [0.2, 0.25) is 0 Å². The first kappa shape index (κ1) is 29.9. The lowest BCUT2D eigenvalue weighted by molar-refractivity contribution is 0.718. The highest BCUT2D eigenvalue weighted by Gasteiger charge is 2.20. The van der Waals surface area contributed by atoms with E-state index in [9.17, 15) is 10.7 Å². The maximum atomic E-state index is 9.21. The molecule has 1 unspecified atom stereocenters. The van der Waals surface area contributed by atoms with Crippen molar-refractivity contribution in [2.75, 3.05) is 5.32 Å². The molecule has 47 heavy (non-hydrogen) atoms. The van der Waals surface area contributed by atoms with Crippen LogP contribution in [-0.4, -0.2) is 18.3 Å². The number of hydrogen-bond donors (Lipinski definition) is 3. The van der Waals surface area contributed by atoms with Crippen LogP contribution in [-0.2, 0) is 0 Å². The third-order valence-electron chi connectivity index (χ3n) is 8.36. The molecule has 1 aromatic heterocycles. The van der Waals surface area contributed by atoms with Crippen molar-refractivity contribution in [2.24, 2.45) is 10.9 Å². The summed E-state index contributed by atoms with van der Waals surface area (Å²) in [7, 11) is 0. The predicted molar refractivity (Wildman–Crippen MR) is 198 cm³/mol. The smallest absolute Gasteiger partial charge is 0.195 e. The monoisotopic (exact) mass is 627 g/mol. The lowest BCUT2D eigenvalue weighted by Crippen LogP contribution is -2.39. The number of nitrogens with zero attached hydrogens (tertiary/aromatic N) is 2. The molecule has 0 saturated carbocycles. The van der Waals surface area contributed by atoms with E-state index in [1.165, 1.54) is 21.0 Å². The zero-order chi connectivity index (χ0) is 32.2. The second-order valence-electron chi connectivity index (χ2n) is 11.7. The molecule has 0 fully saturated rings. The third-order valence-corrected chi connectivity index (χ3v) is 9.56. The Bertz CT molecular complexity index is 2220. The Morgan fingerprint density at radius 2 is 1.72 bits per heavy atom. The lowest BCUT2D eigenvalue weighted by Gasteiger charge is -2.23. The molecule has 2 atom stereocenters. The number of aliphatic imine (C=N–C) groups is 1. The summed E-state index contributed by atoms with van der Waals surface area (Å²) in [5.74, 6) is 0.696. The van der Waals surface area contributed by atoms with Gasteiger partial charge in [0.15, 0.2) is 6.29 Å². The first-order valence-electron chi connectivity index (χ1n) is 15.7. The van der Waals surface area contributed by atoms with Crippen LogP contribution in [0.1, 0.15) is 35.6 Å². The van der Waals surface area contributed by atoms with Crippen LogP contribution in [0.15, 0.2) is 138 Å². The number of rotatable bonds is 8. The lowest BCUT2D eigenvalue weighted by atomic mass is 9.92. The maximum Gasteiger partial charge on any atom is 0.195 e. The minimum absolute atomic E-state index is 0.249. The third kappa shape index (κ3) is 6.48. The summed E-state index contributed by atoms with van der Waals surface area (Å²) >= 11 is 1.77. The molecule has 228 valence electrons. The van der Waals surface area contributed by atoms with Gasteiger partial charge in [-0.3, -0.25) is 5.41 Å². The van der Waals surface area contributed by atoms with Gasteiger partial charge < -0.3 is 10.6 Å². The fourth-order valence-corrected chi connectivity index (χ4v) is 7.16. The SMILES string of the molecule is C[C@@H]1C=C(c2ccc3c(sc4ccccc43)c2NC(/N=C/c2ccccc2)NC(=N)c2cccc(-c3ccc(C#N)cc3)c2)C=CC1. The molecule has 0 saturated heterocycles. The number of allylic oxidation sites excluding steroid dienone is 4. The van der Waals surface area contributed by atoms with Crippen LogP contribution in [0.5, 0.6) is 0 Å². The molecule has 6 aromatic rings. The highest BCUT2D eigenvalue weighted by Crippen LogP contribution is 2.43. The van der Waals surface area contributed by atoms with E-state index in [1.54, 1.807) is 11.3 Å². The number of thiophene rings is 1. The van der Waals surface area contributed by atoms with Crippen molar-refractivity contribution >= 4 is 54.8 Å². The van der Waals surface area contributed by atoms with Gasteiger partial charge in [0.05, 0.1) is 22.0 Å². The van der Waals surface area contributed by atoms with Crippen molar-refractivity contribution in [3.8, 4) is 17.2 Å². The molecular formula is C41H33N5S. The van der Waals surface area contributed by atoms with E-state index in [0.29, 0.717) is 11.5 Å².